The monoisotopic (exact) mass is 1200 g/mol. The molecule has 82 heavy (non-hydrogen) atoms. The molecular formula is C60H68ClF3N8O7S3. The van der Waals surface area contributed by atoms with Crippen LogP contribution < -0.4 is 20.3 Å². The Morgan fingerprint density at radius 2 is 1.55 bits per heavy atom. The van der Waals surface area contributed by atoms with Crippen molar-refractivity contribution >= 4 is 77.9 Å². The number of hydrogen-bond acceptors (Lipinski definition) is 14. The molecule has 5 heterocycles. The maximum atomic E-state index is 14.5. The highest BCUT2D eigenvalue weighted by Gasteiger charge is 2.49. The summed E-state index contributed by atoms with van der Waals surface area (Å²) in [4.78, 5) is 50.6. The van der Waals surface area contributed by atoms with Crippen molar-refractivity contribution in [3.63, 3.8) is 0 Å². The number of carbonyl (C=O) groups excluding carboxylic acids is 3. The Kier molecular flexibility index (Phi) is 17.9. The van der Waals surface area contributed by atoms with Crippen LogP contribution >= 0.6 is 23.4 Å². The number of nitrogens with zero attached hydrogens (tertiary/aromatic N) is 5. The normalized spacial score (nSPS) is 21.5. The number of imide groups is 1. The van der Waals surface area contributed by atoms with Crippen LogP contribution in [0.4, 0.5) is 24.5 Å². The number of nitrogens with one attached hydrogen (secondary N) is 3. The third-order valence-corrected chi connectivity index (χ3v) is 20.9. The number of piperidine rings is 1. The number of sulfone groups is 1. The van der Waals surface area contributed by atoms with Gasteiger partial charge in [0.15, 0.2) is 0 Å². The van der Waals surface area contributed by atoms with Crippen molar-refractivity contribution in [2.24, 2.45) is 5.41 Å². The first kappa shape index (κ1) is 59.4. The summed E-state index contributed by atoms with van der Waals surface area (Å²) >= 11 is 7.66. The van der Waals surface area contributed by atoms with Crippen LogP contribution in [0.15, 0.2) is 136 Å². The van der Waals surface area contributed by atoms with E-state index in [0.717, 1.165) is 98.7 Å². The van der Waals surface area contributed by atoms with Gasteiger partial charge in [0, 0.05) is 123 Å². The number of rotatable bonds is 19. The van der Waals surface area contributed by atoms with E-state index in [1.165, 1.54) is 40.6 Å². The molecule has 4 aromatic carbocycles. The summed E-state index contributed by atoms with van der Waals surface area (Å²) in [7, 11) is -11.0. The molecule has 10 rings (SSSR count). The van der Waals surface area contributed by atoms with Crippen molar-refractivity contribution in [1.29, 1.82) is 0 Å². The minimum Gasteiger partial charge on any atom is -0.380 e. The van der Waals surface area contributed by atoms with E-state index < -0.39 is 58.7 Å². The van der Waals surface area contributed by atoms with Crippen molar-refractivity contribution < 1.29 is 44.4 Å². The first-order chi connectivity index (χ1) is 39.1. The summed E-state index contributed by atoms with van der Waals surface area (Å²) < 4.78 is 100. The first-order valence-electron chi connectivity index (χ1n) is 27.8. The molecule has 15 nitrogen and oxygen atoms in total. The number of likely N-dealkylation sites (tertiary alicyclic amines) is 1. The molecule has 2 bridgehead atoms. The summed E-state index contributed by atoms with van der Waals surface area (Å²) in [6, 6.07) is 28.1. The topological polar surface area (TPSA) is 181 Å². The maximum absolute atomic E-state index is 14.5. The average molecular weight is 1200 g/mol. The molecule has 22 heteroatoms. The number of hydrogen-bond donors (Lipinski definition) is 3. The van der Waals surface area contributed by atoms with Crippen LogP contribution in [0.3, 0.4) is 0 Å². The van der Waals surface area contributed by atoms with Gasteiger partial charge in [-0.1, -0.05) is 67.4 Å². The van der Waals surface area contributed by atoms with Crippen LogP contribution in [0, 0.1) is 5.41 Å². The number of aromatic nitrogens is 1. The van der Waals surface area contributed by atoms with E-state index in [0.29, 0.717) is 55.9 Å². The number of piperazine rings is 2. The highest BCUT2D eigenvalue weighted by Crippen LogP contribution is 2.43. The molecule has 1 aromatic heterocycles. The fraction of sp³-hybridized carbons (Fsp3) is 0.433. The number of pyridine rings is 1. The van der Waals surface area contributed by atoms with E-state index in [9.17, 15) is 44.4 Å². The van der Waals surface area contributed by atoms with Gasteiger partial charge in [-0.25, -0.2) is 21.6 Å². The lowest BCUT2D eigenvalue weighted by atomic mass is 9.73. The highest BCUT2D eigenvalue weighted by molar-refractivity contribution is 7.99. The molecule has 0 saturated carbocycles. The highest BCUT2D eigenvalue weighted by atomic mass is 35.5. The Morgan fingerprint density at radius 3 is 2.23 bits per heavy atom. The second-order valence-corrected chi connectivity index (χ2v) is 28.1. The lowest BCUT2D eigenvalue weighted by Gasteiger charge is -2.41. The zero-order valence-electron chi connectivity index (χ0n) is 45.8. The van der Waals surface area contributed by atoms with E-state index in [1.807, 2.05) is 53.3 Å². The van der Waals surface area contributed by atoms with Gasteiger partial charge in [-0.05, 0) is 139 Å². The van der Waals surface area contributed by atoms with Crippen LogP contribution in [-0.4, -0.2) is 136 Å². The number of thioether (sulfide) groups is 1. The van der Waals surface area contributed by atoms with E-state index in [2.05, 4.69) is 61.2 Å². The van der Waals surface area contributed by atoms with Crippen LogP contribution in [-0.2, 0) is 36.0 Å². The molecule has 436 valence electrons. The zero-order chi connectivity index (χ0) is 58.0. The number of allylic oxidation sites excluding steroid dienone is 1. The van der Waals surface area contributed by atoms with Crippen molar-refractivity contribution in [3.8, 4) is 0 Å². The standard InChI is InChI=1S/C60H68ClF3N8O7S3/c1-59(2)24-22-52(41-8-12-45(61)13-9-41)44(32-59)36-69-26-28-71(29-27-69)47-14-10-42(11-15-47)57(74)68-82(78,79)51-18-20-54(55(31-51)81(76,77)60(62,63)64)66-46(39-80-50-6-4-3-5-7-50)23-25-70-37-48-16-17-49(38-70)72(48)35-40-30-43(34-65-33-40)53-19-21-56(73)67-58(53)75/h3-15,18,20,30-31,33-34,46,48-49,53,66H,16-17,19,21-29,32,35-39H2,1-2H3,(H,68,74)(H,67,73,75)/t46-,48?,49?,53?/m1/s1. The Balaban J connectivity index is 0.789. The number of anilines is 2. The third-order valence-electron chi connectivity index (χ3n) is 16.6. The van der Waals surface area contributed by atoms with Crippen molar-refractivity contribution in [2.75, 3.05) is 68.3 Å². The molecule has 5 aliphatic rings. The lowest BCUT2D eigenvalue weighted by molar-refractivity contribution is -0.134. The fourth-order valence-electron chi connectivity index (χ4n) is 12.2. The van der Waals surface area contributed by atoms with Gasteiger partial charge in [-0.2, -0.15) is 13.2 Å². The van der Waals surface area contributed by atoms with Crippen LogP contribution in [0.5, 0.6) is 0 Å². The summed E-state index contributed by atoms with van der Waals surface area (Å²) in [5.41, 5.74) is 0.577. The number of fused-ring (bicyclic) bond motifs is 2. The van der Waals surface area contributed by atoms with E-state index in [4.69, 9.17) is 11.6 Å². The van der Waals surface area contributed by atoms with Crippen molar-refractivity contribution in [2.45, 2.75) is 116 Å². The smallest absolute Gasteiger partial charge is 0.380 e. The van der Waals surface area contributed by atoms with E-state index in [1.54, 1.807) is 24.5 Å². The molecule has 5 aromatic rings. The lowest BCUT2D eigenvalue weighted by Crippen LogP contribution is -2.53. The maximum Gasteiger partial charge on any atom is 0.501 e. The zero-order valence-corrected chi connectivity index (χ0v) is 49.0. The van der Waals surface area contributed by atoms with Crippen molar-refractivity contribution in [3.05, 3.63) is 148 Å². The molecule has 4 fully saturated rings. The minimum absolute atomic E-state index is 0.0174. The predicted molar refractivity (Wildman–Crippen MR) is 313 cm³/mol. The minimum atomic E-state index is -6.13. The molecule has 3 amide bonds. The number of sulfonamides is 1. The Bertz CT molecular complexity index is 3410. The Labute approximate surface area is 487 Å². The number of carbonyl (C=O) groups is 3. The molecule has 3 N–H and O–H groups in total. The molecule has 0 radical (unpaired) electrons. The van der Waals surface area contributed by atoms with E-state index >= 15 is 0 Å². The molecule has 4 aliphatic heterocycles. The van der Waals surface area contributed by atoms with Crippen LogP contribution in [0.1, 0.15) is 98.2 Å². The Hall–Kier alpha value is -5.81. The van der Waals surface area contributed by atoms with Crippen LogP contribution in [0.25, 0.3) is 5.57 Å². The predicted octanol–water partition coefficient (Wildman–Crippen LogP) is 9.76. The molecule has 4 atom stereocenters. The van der Waals surface area contributed by atoms with E-state index in [-0.39, 0.29) is 41.3 Å². The summed E-state index contributed by atoms with van der Waals surface area (Å²) in [5, 5.41) is 6.21. The second-order valence-electron chi connectivity index (χ2n) is 23.0. The third kappa shape index (κ3) is 14.0. The van der Waals surface area contributed by atoms with Gasteiger partial charge < -0.3 is 15.1 Å². The number of amides is 3. The van der Waals surface area contributed by atoms with Crippen molar-refractivity contribution in [1.82, 2.24) is 29.7 Å². The fourth-order valence-corrected chi connectivity index (χ4v) is 15.3. The molecule has 0 spiro atoms. The molecular weight excluding hydrogens is 1130 g/mol. The molecule has 3 unspecified atom stereocenters. The van der Waals surface area contributed by atoms with Gasteiger partial charge in [0.1, 0.15) is 4.90 Å². The van der Waals surface area contributed by atoms with Gasteiger partial charge in [-0.15, -0.1) is 11.8 Å². The number of halogens is 4. The summed E-state index contributed by atoms with van der Waals surface area (Å²) in [5.74, 6) is -1.76. The number of benzene rings is 4. The SMILES string of the molecule is CC1(C)CCC(c2ccc(Cl)cc2)=C(CN2CCN(c3ccc(C(=O)NS(=O)(=O)c4ccc(N[C@H](CCN5CC6CCC(C5)N6Cc5cncc(C6CCC(=O)NC6=O)c5)CSc5ccccc5)c(S(=O)(=O)C(F)(F)F)c4)cc3)CC2)C1. The quantitative estimate of drug-likeness (QED) is 0.0525. The van der Waals surface area contributed by atoms with Gasteiger partial charge >= 0.3 is 5.51 Å². The van der Waals surface area contributed by atoms with Crippen LogP contribution in [0.2, 0.25) is 5.02 Å². The average Bonchev–Trinajstić information content (AvgIpc) is 3.25. The largest absolute Gasteiger partial charge is 0.501 e. The molecule has 4 saturated heterocycles. The number of alkyl halides is 3. The van der Waals surface area contributed by atoms with Gasteiger partial charge in [0.2, 0.25) is 11.8 Å². The Morgan fingerprint density at radius 1 is 0.841 bits per heavy atom. The summed E-state index contributed by atoms with van der Waals surface area (Å²) in [6.07, 6.45) is 9.60. The molecule has 1 aliphatic carbocycles. The van der Waals surface area contributed by atoms with Gasteiger partial charge in [-0.3, -0.25) is 34.5 Å². The summed E-state index contributed by atoms with van der Waals surface area (Å²) in [6.45, 7) is 11.1. The van der Waals surface area contributed by atoms with Gasteiger partial charge in [0.05, 0.1) is 16.5 Å². The first-order valence-corrected chi connectivity index (χ1v) is 32.2. The van der Waals surface area contributed by atoms with Gasteiger partial charge in [0.25, 0.3) is 25.8 Å². The second kappa shape index (κ2) is 24.8.